The van der Waals surface area contributed by atoms with E-state index in [9.17, 15) is 14.0 Å². The maximum Gasteiger partial charge on any atom is 0.261 e. The minimum atomic E-state index is -0.708. The van der Waals surface area contributed by atoms with Crippen LogP contribution in [0.4, 0.5) is 4.39 Å². The van der Waals surface area contributed by atoms with Gasteiger partial charge in [0.1, 0.15) is 17.1 Å². The molecule has 6 heteroatoms. The molecule has 1 spiro atoms. The highest BCUT2D eigenvalue weighted by Crippen LogP contribution is 2.37. The first-order valence-electron chi connectivity index (χ1n) is 7.59. The summed E-state index contributed by atoms with van der Waals surface area (Å²) in [4.78, 5) is 26.4. The lowest BCUT2D eigenvalue weighted by molar-refractivity contribution is -0.152. The number of carbonyl (C=O) groups excluding carboxylic acids is 2. The molecule has 0 atom stereocenters. The molecule has 5 nitrogen and oxygen atoms in total. The number of carbonyl (C=O) groups is 2. The van der Waals surface area contributed by atoms with Crippen molar-refractivity contribution in [2.75, 3.05) is 19.7 Å². The van der Waals surface area contributed by atoms with Crippen LogP contribution in [0.3, 0.4) is 0 Å². The third kappa shape index (κ3) is 2.65. The first kappa shape index (κ1) is 14.8. The fraction of sp³-hybridized carbons (Fsp3) is 0.500. The molecule has 1 aromatic carbocycles. The maximum atomic E-state index is 13.1. The van der Waals surface area contributed by atoms with Gasteiger partial charge in [0.25, 0.3) is 5.91 Å². The van der Waals surface area contributed by atoms with Crippen molar-refractivity contribution in [1.29, 1.82) is 0 Å². The summed E-state index contributed by atoms with van der Waals surface area (Å²) in [5, 5.41) is 2.86. The molecule has 2 amide bonds. The van der Waals surface area contributed by atoms with Crippen molar-refractivity contribution in [3.8, 4) is 5.75 Å². The van der Waals surface area contributed by atoms with Crippen LogP contribution in [0.2, 0.25) is 0 Å². The molecule has 2 fully saturated rings. The standard InChI is InChI=1S/C16H19FN2O3/c17-12-4-3-5-13(10-12)22-11-14(20)19-9-8-18-15(21)16(19)6-1-2-7-16/h3-5,10H,1-2,6-9,11H2,(H,18,21). The van der Waals surface area contributed by atoms with Crippen LogP contribution >= 0.6 is 0 Å². The number of halogens is 1. The van der Waals surface area contributed by atoms with E-state index in [2.05, 4.69) is 5.32 Å². The molecule has 0 aromatic heterocycles. The molecule has 3 rings (SSSR count). The summed E-state index contributed by atoms with van der Waals surface area (Å²) < 4.78 is 18.5. The highest BCUT2D eigenvalue weighted by molar-refractivity contribution is 5.93. The second-order valence-electron chi connectivity index (χ2n) is 5.79. The van der Waals surface area contributed by atoms with Gasteiger partial charge in [-0.15, -0.1) is 0 Å². The van der Waals surface area contributed by atoms with Crippen LogP contribution in [0.5, 0.6) is 5.75 Å². The van der Waals surface area contributed by atoms with Gasteiger partial charge in [0, 0.05) is 19.2 Å². The van der Waals surface area contributed by atoms with Gasteiger partial charge in [-0.3, -0.25) is 9.59 Å². The van der Waals surface area contributed by atoms with Gasteiger partial charge in [0.2, 0.25) is 5.91 Å². The Hall–Kier alpha value is -2.11. The van der Waals surface area contributed by atoms with Gasteiger partial charge < -0.3 is 15.0 Å². The average molecular weight is 306 g/mol. The summed E-state index contributed by atoms with van der Waals surface area (Å²) in [6.07, 6.45) is 3.29. The predicted octanol–water partition coefficient (Wildman–Crippen LogP) is 1.48. The fourth-order valence-electron chi connectivity index (χ4n) is 3.38. The number of nitrogens with one attached hydrogen (secondary N) is 1. The van der Waals surface area contributed by atoms with Gasteiger partial charge in [-0.25, -0.2) is 4.39 Å². The van der Waals surface area contributed by atoms with E-state index in [0.29, 0.717) is 31.7 Å². The zero-order chi connectivity index (χ0) is 15.6. The number of benzene rings is 1. The highest BCUT2D eigenvalue weighted by atomic mass is 19.1. The van der Waals surface area contributed by atoms with E-state index in [1.807, 2.05) is 0 Å². The Balaban J connectivity index is 1.69. The Labute approximate surface area is 128 Å². The van der Waals surface area contributed by atoms with E-state index in [0.717, 1.165) is 12.8 Å². The average Bonchev–Trinajstić information content (AvgIpc) is 2.98. The molecule has 22 heavy (non-hydrogen) atoms. The molecule has 1 N–H and O–H groups in total. The van der Waals surface area contributed by atoms with Gasteiger partial charge in [-0.1, -0.05) is 18.9 Å². The van der Waals surface area contributed by atoms with Crippen molar-refractivity contribution in [2.24, 2.45) is 0 Å². The Morgan fingerprint density at radius 2 is 2.14 bits per heavy atom. The summed E-state index contributed by atoms with van der Waals surface area (Å²) in [5.74, 6) is -0.374. The summed E-state index contributed by atoms with van der Waals surface area (Å²) in [7, 11) is 0. The fourth-order valence-corrected chi connectivity index (χ4v) is 3.38. The molecule has 1 aliphatic carbocycles. The van der Waals surface area contributed by atoms with Crippen LogP contribution in [0.15, 0.2) is 24.3 Å². The molecular weight excluding hydrogens is 287 g/mol. The molecule has 1 aliphatic heterocycles. The summed E-state index contributed by atoms with van der Waals surface area (Å²) in [6, 6.07) is 5.69. The lowest BCUT2D eigenvalue weighted by Gasteiger charge is -2.43. The van der Waals surface area contributed by atoms with Crippen LogP contribution in [-0.4, -0.2) is 41.9 Å². The van der Waals surface area contributed by atoms with E-state index < -0.39 is 11.4 Å². The van der Waals surface area contributed by atoms with Crippen LogP contribution in [0.1, 0.15) is 25.7 Å². The lowest BCUT2D eigenvalue weighted by Crippen LogP contribution is -2.65. The molecule has 1 aromatic rings. The molecule has 118 valence electrons. The summed E-state index contributed by atoms with van der Waals surface area (Å²) in [5.41, 5.74) is -0.708. The normalized spacial score (nSPS) is 20.0. The van der Waals surface area contributed by atoms with E-state index in [1.54, 1.807) is 11.0 Å². The molecule has 1 saturated heterocycles. The number of amides is 2. The Morgan fingerprint density at radius 1 is 1.36 bits per heavy atom. The third-order valence-corrected chi connectivity index (χ3v) is 4.45. The van der Waals surface area contributed by atoms with Crippen molar-refractivity contribution in [2.45, 2.75) is 31.2 Å². The SMILES string of the molecule is O=C(COc1cccc(F)c1)N1CCNC(=O)C12CCCC2. The molecular formula is C16H19FN2O3. The van der Waals surface area contributed by atoms with Crippen molar-refractivity contribution >= 4 is 11.8 Å². The molecule has 1 saturated carbocycles. The second kappa shape index (κ2) is 5.94. The number of hydrogen-bond acceptors (Lipinski definition) is 3. The zero-order valence-electron chi connectivity index (χ0n) is 12.3. The predicted molar refractivity (Wildman–Crippen MR) is 77.8 cm³/mol. The largest absolute Gasteiger partial charge is 0.484 e. The van der Waals surface area contributed by atoms with E-state index in [4.69, 9.17) is 4.74 Å². The molecule has 2 aliphatic rings. The number of nitrogens with zero attached hydrogens (tertiary/aromatic N) is 1. The Kier molecular flexibility index (Phi) is 4.00. The van der Waals surface area contributed by atoms with Crippen LogP contribution in [0, 0.1) is 5.82 Å². The first-order chi connectivity index (χ1) is 10.6. The van der Waals surface area contributed by atoms with E-state index >= 15 is 0 Å². The van der Waals surface area contributed by atoms with Crippen LogP contribution in [-0.2, 0) is 9.59 Å². The smallest absolute Gasteiger partial charge is 0.261 e. The number of rotatable bonds is 3. The van der Waals surface area contributed by atoms with Gasteiger partial charge >= 0.3 is 0 Å². The third-order valence-electron chi connectivity index (χ3n) is 4.45. The topological polar surface area (TPSA) is 58.6 Å². The van der Waals surface area contributed by atoms with Crippen LogP contribution < -0.4 is 10.1 Å². The van der Waals surface area contributed by atoms with Crippen molar-refractivity contribution in [3.63, 3.8) is 0 Å². The lowest BCUT2D eigenvalue weighted by atomic mass is 9.91. The Morgan fingerprint density at radius 3 is 2.86 bits per heavy atom. The van der Waals surface area contributed by atoms with Gasteiger partial charge in [-0.05, 0) is 25.0 Å². The monoisotopic (exact) mass is 306 g/mol. The minimum absolute atomic E-state index is 0.0599. The molecule has 0 radical (unpaired) electrons. The van der Waals surface area contributed by atoms with Crippen molar-refractivity contribution in [1.82, 2.24) is 10.2 Å². The van der Waals surface area contributed by atoms with E-state index in [-0.39, 0.29) is 18.4 Å². The zero-order valence-corrected chi connectivity index (χ0v) is 12.3. The van der Waals surface area contributed by atoms with Crippen LogP contribution in [0.25, 0.3) is 0 Å². The van der Waals surface area contributed by atoms with Crippen molar-refractivity contribution in [3.05, 3.63) is 30.1 Å². The molecule has 0 unspecified atom stereocenters. The molecule has 0 bridgehead atoms. The van der Waals surface area contributed by atoms with Crippen molar-refractivity contribution < 1.29 is 18.7 Å². The second-order valence-corrected chi connectivity index (χ2v) is 5.79. The number of piperazine rings is 1. The van der Waals surface area contributed by atoms with Gasteiger partial charge in [0.05, 0.1) is 0 Å². The minimum Gasteiger partial charge on any atom is -0.484 e. The van der Waals surface area contributed by atoms with Gasteiger partial charge in [0.15, 0.2) is 6.61 Å². The highest BCUT2D eigenvalue weighted by Gasteiger charge is 2.49. The summed E-state index contributed by atoms with van der Waals surface area (Å²) >= 11 is 0. The number of ether oxygens (including phenoxy) is 1. The maximum absolute atomic E-state index is 13.1. The van der Waals surface area contributed by atoms with E-state index in [1.165, 1.54) is 18.2 Å². The quantitative estimate of drug-likeness (QED) is 0.920. The van der Waals surface area contributed by atoms with Gasteiger partial charge in [-0.2, -0.15) is 0 Å². The molecule has 1 heterocycles. The summed E-state index contributed by atoms with van der Waals surface area (Å²) in [6.45, 7) is 0.780. The Bertz CT molecular complexity index is 585. The first-order valence-corrected chi connectivity index (χ1v) is 7.59. The number of hydrogen-bond donors (Lipinski definition) is 1.